The van der Waals surface area contributed by atoms with Crippen LogP contribution in [0.2, 0.25) is 0 Å². The van der Waals surface area contributed by atoms with Crippen LogP contribution in [0.3, 0.4) is 0 Å². The maximum absolute atomic E-state index is 12.1. The monoisotopic (exact) mass is 249 g/mol. The third-order valence-electron chi connectivity index (χ3n) is 3.00. The lowest BCUT2D eigenvalue weighted by Crippen LogP contribution is -2.52. The number of ether oxygens (including phenoxy) is 1. The maximum atomic E-state index is 12.1. The summed E-state index contributed by atoms with van der Waals surface area (Å²) in [5.41, 5.74) is 0.523. The van der Waals surface area contributed by atoms with Crippen LogP contribution in [-0.2, 0) is 9.59 Å². The summed E-state index contributed by atoms with van der Waals surface area (Å²) in [6.45, 7) is 3.37. The zero-order chi connectivity index (χ0) is 13.3. The Balaban J connectivity index is 2.50. The smallest absolute Gasteiger partial charge is 0.326 e. The van der Waals surface area contributed by atoms with Crippen molar-refractivity contribution in [1.82, 2.24) is 0 Å². The van der Waals surface area contributed by atoms with E-state index in [1.54, 1.807) is 38.1 Å². The Bertz CT molecular complexity index is 486. The van der Waals surface area contributed by atoms with Gasteiger partial charge in [0.1, 0.15) is 11.8 Å². The predicted octanol–water partition coefficient (Wildman–Crippen LogP) is 1.66. The van der Waals surface area contributed by atoms with E-state index in [0.29, 0.717) is 17.9 Å². The summed E-state index contributed by atoms with van der Waals surface area (Å²) < 4.78 is 5.46. The number of carbonyl (C=O) groups excluding carboxylic acids is 1. The van der Waals surface area contributed by atoms with E-state index in [2.05, 4.69) is 0 Å². The van der Waals surface area contributed by atoms with Crippen molar-refractivity contribution in [3.8, 4) is 5.75 Å². The number of benzene rings is 1. The number of anilines is 1. The molecule has 5 heteroatoms. The van der Waals surface area contributed by atoms with E-state index >= 15 is 0 Å². The summed E-state index contributed by atoms with van der Waals surface area (Å²) in [6, 6.07) is 6.13. The Hall–Kier alpha value is -2.04. The number of nitrogens with zero attached hydrogens (tertiary/aromatic N) is 1. The number of hydrogen-bond acceptors (Lipinski definition) is 3. The molecule has 1 aliphatic rings. The first-order valence-corrected chi connectivity index (χ1v) is 5.87. The molecule has 0 unspecified atom stereocenters. The third kappa shape index (κ3) is 1.92. The maximum Gasteiger partial charge on any atom is 0.326 e. The van der Waals surface area contributed by atoms with Crippen molar-refractivity contribution in [2.24, 2.45) is 0 Å². The van der Waals surface area contributed by atoms with Crippen LogP contribution >= 0.6 is 0 Å². The molecule has 1 amide bonds. The summed E-state index contributed by atoms with van der Waals surface area (Å²) in [5.74, 6) is -0.776. The van der Waals surface area contributed by atoms with Gasteiger partial charge in [0, 0.05) is 0 Å². The highest BCUT2D eigenvalue weighted by molar-refractivity contribution is 6.04. The predicted molar refractivity (Wildman–Crippen MR) is 65.7 cm³/mol. The fourth-order valence-electron chi connectivity index (χ4n) is 2.10. The van der Waals surface area contributed by atoms with Crippen LogP contribution < -0.4 is 9.64 Å². The quantitative estimate of drug-likeness (QED) is 0.884. The van der Waals surface area contributed by atoms with Crippen LogP contribution in [0, 0.1) is 0 Å². The summed E-state index contributed by atoms with van der Waals surface area (Å²) in [4.78, 5) is 24.7. The zero-order valence-electron chi connectivity index (χ0n) is 10.3. The van der Waals surface area contributed by atoms with Crippen LogP contribution in [0.5, 0.6) is 5.75 Å². The number of rotatable bonds is 3. The van der Waals surface area contributed by atoms with E-state index < -0.39 is 18.1 Å². The number of hydrogen-bond donors (Lipinski definition) is 1. The Kier molecular flexibility index (Phi) is 3.23. The van der Waals surface area contributed by atoms with Crippen LogP contribution in [0.25, 0.3) is 0 Å². The lowest BCUT2D eigenvalue weighted by Gasteiger charge is -2.36. The molecule has 0 fully saturated rings. The van der Waals surface area contributed by atoms with E-state index in [1.165, 1.54) is 4.90 Å². The minimum absolute atomic E-state index is 0.317. The van der Waals surface area contributed by atoms with Crippen molar-refractivity contribution in [3.63, 3.8) is 0 Å². The number of carboxylic acid groups (broad SMARTS) is 1. The van der Waals surface area contributed by atoms with E-state index in [-0.39, 0.29) is 5.91 Å². The normalized spacial score (nSPS) is 20.0. The summed E-state index contributed by atoms with van der Waals surface area (Å²) in [7, 11) is 0. The molecule has 0 bridgehead atoms. The molecule has 2 rings (SSSR count). The standard InChI is InChI=1S/C13H15NO4/c1-3-9(13(16)17)14-10-6-4-5-7-11(10)18-8(2)12(14)15/h4-9H,3H2,1-2H3,(H,16,17)/t8-,9-/m0/s1. The molecule has 0 aliphatic carbocycles. The molecule has 96 valence electrons. The Morgan fingerprint density at radius 3 is 2.78 bits per heavy atom. The third-order valence-corrected chi connectivity index (χ3v) is 3.00. The van der Waals surface area contributed by atoms with Crippen LogP contribution in [0.1, 0.15) is 20.3 Å². The van der Waals surface area contributed by atoms with E-state index in [4.69, 9.17) is 4.74 Å². The Morgan fingerprint density at radius 1 is 1.50 bits per heavy atom. The highest BCUT2D eigenvalue weighted by atomic mass is 16.5. The second-order valence-electron chi connectivity index (χ2n) is 4.20. The molecule has 1 heterocycles. The second-order valence-corrected chi connectivity index (χ2v) is 4.20. The van der Waals surface area contributed by atoms with Gasteiger partial charge in [-0.05, 0) is 25.5 Å². The zero-order valence-corrected chi connectivity index (χ0v) is 10.3. The van der Waals surface area contributed by atoms with Gasteiger partial charge < -0.3 is 9.84 Å². The molecule has 1 N–H and O–H groups in total. The molecule has 0 saturated heterocycles. The van der Waals surface area contributed by atoms with E-state index in [1.807, 2.05) is 0 Å². The van der Waals surface area contributed by atoms with Gasteiger partial charge in [-0.1, -0.05) is 19.1 Å². The minimum Gasteiger partial charge on any atom is -0.480 e. The van der Waals surface area contributed by atoms with Gasteiger partial charge in [-0.3, -0.25) is 9.69 Å². The average Bonchev–Trinajstić information content (AvgIpc) is 2.34. The first-order chi connectivity index (χ1) is 8.56. The summed E-state index contributed by atoms with van der Waals surface area (Å²) >= 11 is 0. The van der Waals surface area contributed by atoms with Crippen LogP contribution in [0.4, 0.5) is 5.69 Å². The van der Waals surface area contributed by atoms with Gasteiger partial charge in [-0.2, -0.15) is 0 Å². The van der Waals surface area contributed by atoms with Gasteiger partial charge in [-0.25, -0.2) is 4.79 Å². The van der Waals surface area contributed by atoms with Gasteiger partial charge >= 0.3 is 5.97 Å². The molecule has 0 spiro atoms. The van der Waals surface area contributed by atoms with Gasteiger partial charge in [0.05, 0.1) is 5.69 Å². The van der Waals surface area contributed by atoms with Crippen molar-refractivity contribution in [3.05, 3.63) is 24.3 Å². The number of amides is 1. The number of fused-ring (bicyclic) bond motifs is 1. The summed E-state index contributed by atoms with van der Waals surface area (Å²) in [5, 5.41) is 9.22. The highest BCUT2D eigenvalue weighted by Crippen LogP contribution is 2.35. The van der Waals surface area contributed by atoms with Gasteiger partial charge in [0.15, 0.2) is 6.10 Å². The molecule has 2 atom stereocenters. The molecule has 0 radical (unpaired) electrons. The largest absolute Gasteiger partial charge is 0.480 e. The topological polar surface area (TPSA) is 66.8 Å². The summed E-state index contributed by atoms with van der Waals surface area (Å²) in [6.07, 6.45) is -0.310. The number of carboxylic acids is 1. The Labute approximate surface area is 105 Å². The molecule has 18 heavy (non-hydrogen) atoms. The molecule has 5 nitrogen and oxygen atoms in total. The fraction of sp³-hybridized carbons (Fsp3) is 0.385. The number of carbonyl (C=O) groups is 2. The lowest BCUT2D eigenvalue weighted by atomic mass is 10.1. The SMILES string of the molecule is CC[C@@H](C(=O)O)N1C(=O)[C@H](C)Oc2ccccc21. The van der Waals surface area contributed by atoms with Gasteiger partial charge in [0.25, 0.3) is 5.91 Å². The van der Waals surface area contributed by atoms with E-state index in [0.717, 1.165) is 0 Å². The molecular formula is C13H15NO4. The van der Waals surface area contributed by atoms with Crippen molar-refractivity contribution >= 4 is 17.6 Å². The number of para-hydroxylation sites is 2. The number of aliphatic carboxylic acids is 1. The van der Waals surface area contributed by atoms with Crippen molar-refractivity contribution in [2.75, 3.05) is 4.90 Å². The molecule has 0 saturated carbocycles. The molecule has 0 aromatic heterocycles. The van der Waals surface area contributed by atoms with Crippen molar-refractivity contribution in [2.45, 2.75) is 32.4 Å². The Morgan fingerprint density at radius 2 is 2.17 bits per heavy atom. The molecule has 1 aliphatic heterocycles. The first kappa shape index (κ1) is 12.4. The minimum atomic E-state index is -1.00. The second kappa shape index (κ2) is 4.68. The van der Waals surface area contributed by atoms with Gasteiger partial charge in [-0.15, -0.1) is 0 Å². The van der Waals surface area contributed by atoms with E-state index in [9.17, 15) is 14.7 Å². The average molecular weight is 249 g/mol. The van der Waals surface area contributed by atoms with Crippen molar-refractivity contribution < 1.29 is 19.4 Å². The van der Waals surface area contributed by atoms with Crippen LogP contribution in [0.15, 0.2) is 24.3 Å². The molecule has 1 aromatic rings. The molecule has 1 aromatic carbocycles. The fourth-order valence-corrected chi connectivity index (χ4v) is 2.10. The molecular weight excluding hydrogens is 234 g/mol. The van der Waals surface area contributed by atoms with Gasteiger partial charge in [0.2, 0.25) is 0 Å². The lowest BCUT2D eigenvalue weighted by molar-refractivity contribution is -0.141. The highest BCUT2D eigenvalue weighted by Gasteiger charge is 2.38. The first-order valence-electron chi connectivity index (χ1n) is 5.87. The van der Waals surface area contributed by atoms with Crippen molar-refractivity contribution in [1.29, 1.82) is 0 Å². The van der Waals surface area contributed by atoms with Crippen LogP contribution in [-0.4, -0.2) is 29.1 Å².